The van der Waals surface area contributed by atoms with E-state index < -0.39 is 0 Å². The Kier molecular flexibility index (Phi) is 4.16. The van der Waals surface area contributed by atoms with E-state index >= 15 is 0 Å². The highest BCUT2D eigenvalue weighted by molar-refractivity contribution is 7.99. The van der Waals surface area contributed by atoms with E-state index in [1.807, 2.05) is 44.2 Å². The van der Waals surface area contributed by atoms with Gasteiger partial charge in [0.25, 0.3) is 0 Å². The normalized spacial score (nSPS) is 10.9. The van der Waals surface area contributed by atoms with Crippen LogP contribution in [0.1, 0.15) is 21.6 Å². The van der Waals surface area contributed by atoms with Crippen molar-refractivity contribution in [1.29, 1.82) is 0 Å². The largest absolute Gasteiger partial charge is 0.335 e. The van der Waals surface area contributed by atoms with E-state index in [2.05, 4.69) is 20.4 Å². The van der Waals surface area contributed by atoms with E-state index in [0.29, 0.717) is 22.2 Å². The Balaban J connectivity index is 1.70. The molecule has 3 N–H and O–H groups in total. The Morgan fingerprint density at radius 2 is 2.00 bits per heavy atom. The number of nitrogens with two attached hydrogens (primary N) is 1. The van der Waals surface area contributed by atoms with Crippen LogP contribution in [0.5, 0.6) is 0 Å². The Hall–Kier alpha value is -2.61. The Morgan fingerprint density at radius 1 is 1.26 bits per heavy atom. The number of hydrogen-bond donors (Lipinski definition) is 2. The fourth-order valence-corrected chi connectivity index (χ4v) is 2.79. The molecule has 2 heterocycles. The molecule has 7 nitrogen and oxygen atoms in total. The average molecular weight is 328 g/mol. The van der Waals surface area contributed by atoms with Gasteiger partial charge in [-0.15, -0.1) is 10.2 Å². The molecule has 0 aliphatic rings. The van der Waals surface area contributed by atoms with E-state index in [1.165, 1.54) is 16.4 Å². The van der Waals surface area contributed by atoms with Crippen LogP contribution < -0.4 is 5.84 Å². The van der Waals surface area contributed by atoms with Gasteiger partial charge in [0.1, 0.15) is 5.69 Å². The molecular weight excluding hydrogens is 312 g/mol. The van der Waals surface area contributed by atoms with Gasteiger partial charge in [-0.3, -0.25) is 9.89 Å². The molecule has 0 bridgehead atoms. The number of hydrogen-bond acceptors (Lipinski definition) is 6. The van der Waals surface area contributed by atoms with Gasteiger partial charge in [-0.2, -0.15) is 5.10 Å². The number of benzene rings is 1. The summed E-state index contributed by atoms with van der Waals surface area (Å²) < 4.78 is 1.35. The lowest BCUT2D eigenvalue weighted by Crippen LogP contribution is -2.13. The number of rotatable bonds is 5. The van der Waals surface area contributed by atoms with Crippen LogP contribution in [-0.2, 0) is 0 Å². The summed E-state index contributed by atoms with van der Waals surface area (Å²) in [4.78, 5) is 12.2. The second-order valence-corrected chi connectivity index (χ2v) is 6.13. The molecule has 118 valence electrons. The number of aromatic nitrogens is 5. The monoisotopic (exact) mass is 328 g/mol. The smallest absolute Gasteiger partial charge is 0.210 e. The molecule has 0 fully saturated rings. The predicted molar refractivity (Wildman–Crippen MR) is 88.7 cm³/mol. The number of aryl methyl sites for hydroxylation is 2. The summed E-state index contributed by atoms with van der Waals surface area (Å²) in [5.74, 6) is 6.72. The number of Topliss-reactive ketones (excluding diaryl/α,β-unsaturated/α-hetero) is 1. The van der Waals surface area contributed by atoms with Gasteiger partial charge in [0.05, 0.1) is 5.75 Å². The minimum absolute atomic E-state index is 0.0233. The Labute approximate surface area is 137 Å². The first-order valence-electron chi connectivity index (χ1n) is 7.00. The third kappa shape index (κ3) is 3.26. The number of carbonyl (C=O) groups is 1. The number of nitrogen functional groups attached to an aromatic ring is 1. The van der Waals surface area contributed by atoms with Crippen molar-refractivity contribution in [2.45, 2.75) is 19.0 Å². The molecule has 2 aromatic heterocycles. The van der Waals surface area contributed by atoms with Crippen molar-refractivity contribution in [2.75, 3.05) is 11.6 Å². The van der Waals surface area contributed by atoms with Gasteiger partial charge < -0.3 is 5.84 Å². The molecule has 0 radical (unpaired) electrons. The Morgan fingerprint density at radius 3 is 2.65 bits per heavy atom. The highest BCUT2D eigenvalue weighted by Gasteiger charge is 2.16. The van der Waals surface area contributed by atoms with Crippen molar-refractivity contribution in [1.82, 2.24) is 25.1 Å². The van der Waals surface area contributed by atoms with Crippen molar-refractivity contribution in [3.05, 3.63) is 47.2 Å². The summed E-state index contributed by atoms with van der Waals surface area (Å²) in [6, 6.07) is 9.31. The third-order valence-electron chi connectivity index (χ3n) is 3.31. The van der Waals surface area contributed by atoms with Crippen LogP contribution in [0.4, 0.5) is 0 Å². The molecule has 3 rings (SSSR count). The van der Waals surface area contributed by atoms with Crippen LogP contribution in [0.25, 0.3) is 11.5 Å². The molecule has 0 atom stereocenters. The number of nitrogens with zero attached hydrogens (tertiary/aromatic N) is 4. The first kappa shape index (κ1) is 15.3. The maximum Gasteiger partial charge on any atom is 0.210 e. The number of thioether (sulfide) groups is 1. The topological polar surface area (TPSA) is 102 Å². The zero-order valence-corrected chi connectivity index (χ0v) is 13.6. The third-order valence-corrected chi connectivity index (χ3v) is 4.25. The summed E-state index contributed by atoms with van der Waals surface area (Å²) in [5, 5.41) is 15.5. The van der Waals surface area contributed by atoms with Gasteiger partial charge in [-0.05, 0) is 19.9 Å². The predicted octanol–water partition coefficient (Wildman–Crippen LogP) is 1.97. The van der Waals surface area contributed by atoms with Crippen LogP contribution in [0, 0.1) is 13.8 Å². The van der Waals surface area contributed by atoms with Gasteiger partial charge in [-0.25, -0.2) is 4.68 Å². The first-order valence-corrected chi connectivity index (χ1v) is 7.98. The molecular formula is C15H16N6OS. The average Bonchev–Trinajstić information content (AvgIpc) is 3.11. The number of carbonyl (C=O) groups excluding carboxylic acids is 1. The zero-order chi connectivity index (χ0) is 16.4. The number of ketones is 1. The molecule has 0 spiro atoms. The molecule has 0 unspecified atom stereocenters. The minimum Gasteiger partial charge on any atom is -0.335 e. The minimum atomic E-state index is 0.0233. The van der Waals surface area contributed by atoms with Gasteiger partial charge in [-0.1, -0.05) is 41.6 Å². The maximum absolute atomic E-state index is 12.2. The van der Waals surface area contributed by atoms with Crippen LogP contribution in [0.2, 0.25) is 0 Å². The summed E-state index contributed by atoms with van der Waals surface area (Å²) in [6.45, 7) is 3.88. The summed E-state index contributed by atoms with van der Waals surface area (Å²) in [6.07, 6.45) is 0. The van der Waals surface area contributed by atoms with Crippen molar-refractivity contribution in [3.8, 4) is 11.5 Å². The first-order chi connectivity index (χ1) is 11.0. The van der Waals surface area contributed by atoms with Crippen LogP contribution in [0.3, 0.4) is 0 Å². The summed E-state index contributed by atoms with van der Waals surface area (Å²) in [7, 11) is 0. The molecule has 8 heteroatoms. The molecule has 0 saturated heterocycles. The highest BCUT2D eigenvalue weighted by atomic mass is 32.2. The lowest BCUT2D eigenvalue weighted by Gasteiger charge is -2.02. The Bertz CT molecular complexity index is 836. The molecule has 1 aromatic carbocycles. The summed E-state index contributed by atoms with van der Waals surface area (Å²) in [5.41, 5.74) is 3.32. The number of H-pyrrole nitrogens is 1. The van der Waals surface area contributed by atoms with Gasteiger partial charge in [0, 0.05) is 11.3 Å². The van der Waals surface area contributed by atoms with Gasteiger partial charge >= 0.3 is 0 Å². The second-order valence-electron chi connectivity index (χ2n) is 5.19. The molecule has 0 aliphatic heterocycles. The lowest BCUT2D eigenvalue weighted by molar-refractivity contribution is 0.102. The molecule has 0 aliphatic carbocycles. The van der Waals surface area contributed by atoms with Crippen molar-refractivity contribution in [3.63, 3.8) is 0 Å². The molecule has 23 heavy (non-hydrogen) atoms. The van der Waals surface area contributed by atoms with E-state index in [0.717, 1.165) is 11.3 Å². The standard InChI is InChI=1S/C15H16N6OS/c1-9-3-5-11(6-4-9)13(22)8-23-15-20-19-14(21(15)16)12-7-10(2)17-18-12/h3-7H,8,16H2,1-2H3,(H,17,18). The van der Waals surface area contributed by atoms with E-state index in [4.69, 9.17) is 5.84 Å². The van der Waals surface area contributed by atoms with Crippen LogP contribution >= 0.6 is 11.8 Å². The van der Waals surface area contributed by atoms with E-state index in [-0.39, 0.29) is 11.5 Å². The second kappa shape index (κ2) is 6.25. The molecule has 0 amide bonds. The van der Waals surface area contributed by atoms with Gasteiger partial charge in [0.2, 0.25) is 11.0 Å². The van der Waals surface area contributed by atoms with E-state index in [1.54, 1.807) is 0 Å². The van der Waals surface area contributed by atoms with Crippen molar-refractivity contribution < 1.29 is 4.79 Å². The lowest BCUT2D eigenvalue weighted by atomic mass is 10.1. The quantitative estimate of drug-likeness (QED) is 0.422. The van der Waals surface area contributed by atoms with Crippen LogP contribution in [0.15, 0.2) is 35.5 Å². The summed E-state index contributed by atoms with van der Waals surface area (Å²) >= 11 is 1.25. The SMILES string of the molecule is Cc1ccc(C(=O)CSc2nnc(-c3cc(C)[nH]n3)n2N)cc1. The number of nitrogens with one attached hydrogen (secondary N) is 1. The van der Waals surface area contributed by atoms with Crippen molar-refractivity contribution >= 4 is 17.5 Å². The van der Waals surface area contributed by atoms with Crippen LogP contribution in [-0.4, -0.2) is 36.6 Å². The maximum atomic E-state index is 12.2. The zero-order valence-electron chi connectivity index (χ0n) is 12.8. The fraction of sp³-hybridized carbons (Fsp3) is 0.200. The fourth-order valence-electron chi connectivity index (χ4n) is 2.04. The highest BCUT2D eigenvalue weighted by Crippen LogP contribution is 2.21. The van der Waals surface area contributed by atoms with E-state index in [9.17, 15) is 4.79 Å². The molecule has 3 aromatic rings. The molecule has 0 saturated carbocycles. The van der Waals surface area contributed by atoms with Crippen molar-refractivity contribution in [2.24, 2.45) is 0 Å². The van der Waals surface area contributed by atoms with Gasteiger partial charge in [0.15, 0.2) is 5.78 Å². The number of aromatic amines is 1.